The number of thiophene rings is 1. The van der Waals surface area contributed by atoms with Crippen molar-refractivity contribution in [3.8, 4) is 0 Å². The summed E-state index contributed by atoms with van der Waals surface area (Å²) in [6.07, 6.45) is 3.16. The predicted octanol–water partition coefficient (Wildman–Crippen LogP) is 1.53. The number of nitrogens with zero attached hydrogens (tertiary/aromatic N) is 1. The minimum Gasteiger partial charge on any atom is -0.348 e. The number of nitrogens with one attached hydrogen (secondary N) is 2. The van der Waals surface area contributed by atoms with E-state index in [2.05, 4.69) is 10.6 Å². The van der Waals surface area contributed by atoms with E-state index >= 15 is 0 Å². The van der Waals surface area contributed by atoms with E-state index in [0.717, 1.165) is 43.7 Å². The van der Waals surface area contributed by atoms with Crippen molar-refractivity contribution in [1.82, 2.24) is 10.6 Å². The highest BCUT2D eigenvalue weighted by molar-refractivity contribution is 7.13. The largest absolute Gasteiger partial charge is 0.348 e. The number of rotatable bonds is 3. The summed E-state index contributed by atoms with van der Waals surface area (Å²) in [7, 11) is 0. The third-order valence-electron chi connectivity index (χ3n) is 2.91. The number of carbonyl (C=O) groups excluding carboxylic acids is 1. The van der Waals surface area contributed by atoms with E-state index in [0.29, 0.717) is 5.56 Å². The lowest BCUT2D eigenvalue weighted by Crippen LogP contribution is -2.40. The number of hydrogen-bond donors (Lipinski definition) is 2. The summed E-state index contributed by atoms with van der Waals surface area (Å²) in [6.45, 7) is 1.74. The molecule has 1 aliphatic rings. The zero-order valence-corrected chi connectivity index (χ0v) is 10.7. The maximum atomic E-state index is 11.9. The van der Waals surface area contributed by atoms with Gasteiger partial charge in [0, 0.05) is 24.0 Å². The fourth-order valence-electron chi connectivity index (χ4n) is 1.95. The van der Waals surface area contributed by atoms with Crippen LogP contribution in [-0.2, 0) is 0 Å². The maximum Gasteiger partial charge on any atom is 0.324 e. The Morgan fingerprint density at radius 2 is 2.39 bits per heavy atom. The van der Waals surface area contributed by atoms with E-state index in [-0.39, 0.29) is 17.0 Å². The molecule has 0 spiro atoms. The van der Waals surface area contributed by atoms with Crippen LogP contribution in [0.5, 0.6) is 0 Å². The molecule has 0 aromatic carbocycles. The van der Waals surface area contributed by atoms with Crippen LogP contribution >= 0.6 is 11.3 Å². The normalized spacial score (nSPS) is 20.1. The van der Waals surface area contributed by atoms with Crippen molar-refractivity contribution >= 4 is 22.2 Å². The zero-order valence-electron chi connectivity index (χ0n) is 9.85. The molecule has 98 valence electrons. The van der Waals surface area contributed by atoms with Gasteiger partial charge in [0.1, 0.15) is 0 Å². The molecule has 2 N–H and O–H groups in total. The minimum absolute atomic E-state index is 0.000795. The van der Waals surface area contributed by atoms with Crippen molar-refractivity contribution in [1.29, 1.82) is 0 Å². The molecule has 0 radical (unpaired) electrons. The lowest BCUT2D eigenvalue weighted by atomic mass is 10.1. The summed E-state index contributed by atoms with van der Waals surface area (Å²) < 4.78 is 0. The summed E-state index contributed by atoms with van der Waals surface area (Å²) in [6, 6.07) is 1.43. The summed E-state index contributed by atoms with van der Waals surface area (Å²) in [5.74, 6) is -0.229. The van der Waals surface area contributed by atoms with Crippen molar-refractivity contribution in [2.75, 3.05) is 13.1 Å². The summed E-state index contributed by atoms with van der Waals surface area (Å²) in [5, 5.41) is 18.2. The van der Waals surface area contributed by atoms with E-state index < -0.39 is 4.92 Å². The van der Waals surface area contributed by atoms with Crippen LogP contribution in [0.25, 0.3) is 0 Å². The van der Waals surface area contributed by atoms with Crippen LogP contribution in [0.1, 0.15) is 29.6 Å². The van der Waals surface area contributed by atoms with Gasteiger partial charge in [0.05, 0.1) is 10.5 Å². The second-order valence-corrected chi connectivity index (χ2v) is 5.19. The topological polar surface area (TPSA) is 84.3 Å². The van der Waals surface area contributed by atoms with Gasteiger partial charge < -0.3 is 10.6 Å². The Labute approximate surface area is 109 Å². The quantitative estimate of drug-likeness (QED) is 0.643. The molecule has 1 atom stereocenters. The fraction of sp³-hybridized carbons (Fsp3) is 0.545. The van der Waals surface area contributed by atoms with Crippen molar-refractivity contribution in [2.45, 2.75) is 25.3 Å². The molecule has 1 unspecified atom stereocenters. The van der Waals surface area contributed by atoms with Crippen LogP contribution in [0.15, 0.2) is 11.4 Å². The van der Waals surface area contributed by atoms with Gasteiger partial charge >= 0.3 is 5.00 Å². The maximum absolute atomic E-state index is 11.9. The first kappa shape index (κ1) is 13.0. The van der Waals surface area contributed by atoms with Crippen molar-refractivity contribution < 1.29 is 9.72 Å². The number of amides is 1. The second kappa shape index (κ2) is 5.92. The second-order valence-electron chi connectivity index (χ2n) is 4.30. The lowest BCUT2D eigenvalue weighted by Gasteiger charge is -2.15. The number of carbonyl (C=O) groups is 1. The predicted molar refractivity (Wildman–Crippen MR) is 68.9 cm³/mol. The standard InChI is InChI=1S/C11H15N3O3S/c15-11(8-5-10(14(16)17)18-7-8)13-9-3-1-2-4-12-6-9/h5,7,9,12H,1-4,6H2,(H,13,15). The van der Waals surface area contributed by atoms with Crippen LogP contribution in [0.2, 0.25) is 0 Å². The zero-order chi connectivity index (χ0) is 13.0. The Morgan fingerprint density at radius 3 is 3.11 bits per heavy atom. The van der Waals surface area contributed by atoms with E-state index in [4.69, 9.17) is 0 Å². The molecule has 1 aliphatic heterocycles. The molecule has 7 heteroatoms. The molecule has 0 aliphatic carbocycles. The molecule has 0 bridgehead atoms. The van der Waals surface area contributed by atoms with Crippen LogP contribution in [0.3, 0.4) is 0 Å². The Morgan fingerprint density at radius 1 is 1.56 bits per heavy atom. The SMILES string of the molecule is O=C(NC1CCCCNC1)c1csc([N+](=O)[O-])c1. The molecule has 2 heterocycles. The lowest BCUT2D eigenvalue weighted by molar-refractivity contribution is -0.380. The van der Waals surface area contributed by atoms with Gasteiger partial charge in [-0.3, -0.25) is 14.9 Å². The molecule has 1 fully saturated rings. The average Bonchev–Trinajstić information content (AvgIpc) is 2.70. The molecular formula is C11H15N3O3S. The van der Waals surface area contributed by atoms with Crippen LogP contribution in [0.4, 0.5) is 5.00 Å². The molecular weight excluding hydrogens is 254 g/mol. The monoisotopic (exact) mass is 269 g/mol. The Kier molecular flexibility index (Phi) is 4.27. The van der Waals surface area contributed by atoms with E-state index in [9.17, 15) is 14.9 Å². The van der Waals surface area contributed by atoms with E-state index in [1.165, 1.54) is 11.4 Å². The van der Waals surface area contributed by atoms with Crippen molar-refractivity contribution in [3.63, 3.8) is 0 Å². The molecule has 0 saturated carbocycles. The van der Waals surface area contributed by atoms with Gasteiger partial charge in [0.2, 0.25) is 0 Å². The highest BCUT2D eigenvalue weighted by Crippen LogP contribution is 2.22. The Balaban J connectivity index is 1.95. The third-order valence-corrected chi connectivity index (χ3v) is 3.79. The highest BCUT2D eigenvalue weighted by Gasteiger charge is 2.18. The number of hydrogen-bond acceptors (Lipinski definition) is 5. The molecule has 1 amide bonds. The van der Waals surface area contributed by atoms with Crippen molar-refractivity contribution in [2.24, 2.45) is 0 Å². The molecule has 18 heavy (non-hydrogen) atoms. The third kappa shape index (κ3) is 3.27. The molecule has 2 rings (SSSR count). The Bertz CT molecular complexity index is 438. The highest BCUT2D eigenvalue weighted by atomic mass is 32.1. The number of nitro groups is 1. The van der Waals surface area contributed by atoms with Gasteiger partial charge in [-0.25, -0.2) is 0 Å². The van der Waals surface area contributed by atoms with Gasteiger partial charge in [-0.2, -0.15) is 0 Å². The first-order valence-electron chi connectivity index (χ1n) is 5.91. The smallest absolute Gasteiger partial charge is 0.324 e. The van der Waals surface area contributed by atoms with Gasteiger partial charge in [-0.15, -0.1) is 0 Å². The Hall–Kier alpha value is -1.47. The van der Waals surface area contributed by atoms with Gasteiger partial charge in [0.15, 0.2) is 0 Å². The summed E-state index contributed by atoms with van der Waals surface area (Å²) >= 11 is 0.977. The first-order chi connectivity index (χ1) is 8.66. The average molecular weight is 269 g/mol. The summed E-state index contributed by atoms with van der Waals surface area (Å²) in [5.41, 5.74) is 0.371. The fourth-order valence-corrected chi connectivity index (χ4v) is 2.65. The molecule has 1 aromatic heterocycles. The van der Waals surface area contributed by atoms with E-state index in [1.807, 2.05) is 0 Å². The van der Waals surface area contributed by atoms with Crippen LogP contribution in [0, 0.1) is 10.1 Å². The van der Waals surface area contributed by atoms with E-state index in [1.54, 1.807) is 0 Å². The van der Waals surface area contributed by atoms with Gasteiger partial charge in [-0.1, -0.05) is 17.8 Å². The summed E-state index contributed by atoms with van der Waals surface area (Å²) in [4.78, 5) is 22.0. The molecule has 6 nitrogen and oxygen atoms in total. The minimum atomic E-state index is -0.478. The van der Waals surface area contributed by atoms with Gasteiger partial charge in [-0.05, 0) is 19.4 Å². The van der Waals surface area contributed by atoms with Crippen molar-refractivity contribution in [3.05, 3.63) is 27.1 Å². The first-order valence-corrected chi connectivity index (χ1v) is 6.79. The molecule has 1 saturated heterocycles. The van der Waals surface area contributed by atoms with Crippen LogP contribution in [-0.4, -0.2) is 30.0 Å². The van der Waals surface area contributed by atoms with Crippen LogP contribution < -0.4 is 10.6 Å². The van der Waals surface area contributed by atoms with Gasteiger partial charge in [0.25, 0.3) is 5.91 Å². The molecule has 1 aromatic rings.